The van der Waals surface area contributed by atoms with E-state index in [1.165, 1.54) is 89.9 Å². The van der Waals surface area contributed by atoms with Crippen molar-refractivity contribution in [2.24, 2.45) is 0 Å². The summed E-state index contributed by atoms with van der Waals surface area (Å²) in [5, 5.41) is 0. The summed E-state index contributed by atoms with van der Waals surface area (Å²) >= 11 is -3.26. The summed E-state index contributed by atoms with van der Waals surface area (Å²) in [7, 11) is 0. The van der Waals surface area contributed by atoms with Gasteiger partial charge in [-0.1, -0.05) is 117 Å². The van der Waals surface area contributed by atoms with Gasteiger partial charge in [-0.15, -0.1) is 0 Å². The van der Waals surface area contributed by atoms with E-state index in [0.717, 1.165) is 25.7 Å². The summed E-state index contributed by atoms with van der Waals surface area (Å²) < 4.78 is 128. The van der Waals surface area contributed by atoms with Crippen molar-refractivity contribution in [3.8, 4) is 0 Å². The predicted molar refractivity (Wildman–Crippen MR) is 386 cm³/mol. The van der Waals surface area contributed by atoms with Crippen molar-refractivity contribution < 1.29 is 118 Å². The predicted octanol–water partition coefficient (Wildman–Crippen LogP) is 10.1. The zero-order valence-corrected chi connectivity index (χ0v) is 64.0. The van der Waals surface area contributed by atoms with E-state index in [1.807, 2.05) is 0 Å². The van der Waals surface area contributed by atoms with Gasteiger partial charge in [-0.25, -0.2) is 0 Å². The van der Waals surface area contributed by atoms with Crippen LogP contribution in [-0.4, -0.2) is 276 Å². The molecule has 0 atom stereocenters. The van der Waals surface area contributed by atoms with Gasteiger partial charge in [0, 0.05) is 12.8 Å². The summed E-state index contributed by atoms with van der Waals surface area (Å²) in [5.74, 6) is -1.34. The molecule has 2 aromatic rings. The van der Waals surface area contributed by atoms with E-state index in [0.29, 0.717) is 234 Å². The van der Waals surface area contributed by atoms with Crippen LogP contribution >= 0.6 is 0 Å². The minimum atomic E-state index is -3.26. The summed E-state index contributed by atoms with van der Waals surface area (Å²) in [5.41, 5.74) is 1.78. The maximum absolute atomic E-state index is 12.9. The van der Waals surface area contributed by atoms with Gasteiger partial charge in [0.2, 0.25) is 0 Å². The summed E-state index contributed by atoms with van der Waals surface area (Å²) in [6.07, 6.45) is 22.9. The molecule has 0 amide bonds. The summed E-state index contributed by atoms with van der Waals surface area (Å²) in [6, 6.07) is 12.9. The van der Waals surface area contributed by atoms with Gasteiger partial charge in [-0.05, 0) is 12.8 Å². The fraction of sp³-hybridized carbons (Fsp3) is 0.784. The SMILES string of the molecule is CCCCCCCCCCCC(=O)OCCOCCOCCOCCOCCOCCOCCOCCOCCOC(=O)c1ccc([NH][Ge](=[O])[NH]c2ccc(C(=O)OCCOCCOCCOCCOCCOCCOCCOCCOCCOC(=O)CCCCCCCCCCC)cc2)cc1. The van der Waals surface area contributed by atoms with Gasteiger partial charge in [-0.3, -0.25) is 9.59 Å². The molecule has 0 aromatic heterocycles. The molecule has 0 aliphatic carbocycles. The Hall–Kier alpha value is -4.38. The number of hydrogen-bond acceptors (Lipinski definition) is 25. The molecule has 0 saturated heterocycles. The van der Waals surface area contributed by atoms with Crippen LogP contribution in [0.3, 0.4) is 0 Å². The van der Waals surface area contributed by atoms with Gasteiger partial charge in [0.1, 0.15) is 13.2 Å². The molecule has 2 N–H and O–H groups in total. The molecule has 0 spiro atoms. The van der Waals surface area contributed by atoms with Crippen molar-refractivity contribution in [3.05, 3.63) is 59.7 Å². The standard InChI is InChI=1S/C74H128GeN2O25/c1-3-5-7-9-11-13-15-17-19-21-71(78)99-63-59-95-55-51-91-47-43-87-39-35-83-31-33-85-37-41-89-45-49-93-53-57-97-61-65-101-73(80)67-23-27-69(28-24-67)76-75(82)77-70-29-25-68(26-30-70)74(81)102-66-62-98-58-54-94-50-46-90-42-38-86-34-32-84-36-40-88-44-48-92-52-56-96-60-64-100-72(79)22-20-18-16-14-12-10-8-6-4-2/h23-30,76-77H,3-22,31-66H2,1-2H3. The van der Waals surface area contributed by atoms with Crippen molar-refractivity contribution in [1.29, 1.82) is 0 Å². The van der Waals surface area contributed by atoms with Gasteiger partial charge in [0.15, 0.2) is 0 Å². The number of unbranched alkanes of at least 4 members (excludes halogenated alkanes) is 16. The molecule has 0 unspecified atom stereocenters. The third kappa shape index (κ3) is 64.0. The number of hydrogen-bond donors (Lipinski definition) is 2. The molecule has 0 aliphatic rings. The number of rotatable bonds is 80. The second-order valence-corrected chi connectivity index (χ2v) is 25.8. The van der Waals surface area contributed by atoms with Gasteiger partial charge < -0.3 is 75.8 Å². The maximum atomic E-state index is 12.9. The first-order valence-electron chi connectivity index (χ1n) is 37.5. The van der Waals surface area contributed by atoms with Crippen molar-refractivity contribution in [3.63, 3.8) is 0 Å². The molecular formula is C74H128GeN2O25. The van der Waals surface area contributed by atoms with Crippen LogP contribution in [0.5, 0.6) is 0 Å². The zero-order chi connectivity index (χ0) is 73.0. The fourth-order valence-corrected chi connectivity index (χ4v) is 11.2. The molecule has 28 heteroatoms. The van der Waals surface area contributed by atoms with Crippen LogP contribution < -0.4 is 8.55 Å². The second-order valence-electron chi connectivity index (χ2n) is 23.4. The summed E-state index contributed by atoms with van der Waals surface area (Å²) in [6.45, 7) is 18.2. The molecule has 0 bridgehead atoms. The first-order chi connectivity index (χ1) is 50.3. The Morgan fingerprint density at radius 2 is 0.422 bits per heavy atom. The molecule has 102 heavy (non-hydrogen) atoms. The molecule has 27 nitrogen and oxygen atoms in total. The molecule has 0 fully saturated rings. The number of carbonyl (C=O) groups is 4. The Balaban J connectivity index is 1.27. The van der Waals surface area contributed by atoms with Crippen LogP contribution in [-0.2, 0) is 108 Å². The van der Waals surface area contributed by atoms with Gasteiger partial charge in [-0.2, -0.15) is 0 Å². The van der Waals surface area contributed by atoms with Crippen LogP contribution in [0.25, 0.3) is 0 Å². The fourth-order valence-electron chi connectivity index (χ4n) is 9.24. The Kier molecular flexibility index (Phi) is 68.8. The Bertz CT molecular complexity index is 2060. The Labute approximate surface area is 613 Å². The van der Waals surface area contributed by atoms with E-state index < -0.39 is 26.7 Å². The van der Waals surface area contributed by atoms with Gasteiger partial charge >= 0.3 is 203 Å². The average Bonchev–Trinajstić information content (AvgIpc) is 1.18. The summed E-state index contributed by atoms with van der Waals surface area (Å²) in [4.78, 5) is 48.8. The second kappa shape index (κ2) is 74.9. The molecule has 0 saturated carbocycles. The van der Waals surface area contributed by atoms with Crippen molar-refractivity contribution in [2.75, 3.05) is 246 Å². The normalized spacial score (nSPS) is 11.3. The van der Waals surface area contributed by atoms with E-state index >= 15 is 0 Å². The van der Waals surface area contributed by atoms with Crippen LogP contribution in [0.1, 0.15) is 163 Å². The first kappa shape index (κ1) is 93.7. The number of ether oxygens (including phenoxy) is 20. The molecule has 2 aromatic carbocycles. The Morgan fingerprint density at radius 1 is 0.245 bits per heavy atom. The molecule has 0 heterocycles. The molecule has 0 aliphatic heterocycles. The number of benzene rings is 2. The van der Waals surface area contributed by atoms with Crippen molar-refractivity contribution in [2.45, 2.75) is 142 Å². The topological polar surface area (TPSA) is 294 Å². The zero-order valence-electron chi connectivity index (χ0n) is 61.9. The van der Waals surface area contributed by atoms with E-state index in [-0.39, 0.29) is 51.6 Å². The number of carbonyl (C=O) groups excluding carboxylic acids is 4. The van der Waals surface area contributed by atoms with E-state index in [9.17, 15) is 23.0 Å². The first-order valence-corrected chi connectivity index (χ1v) is 40.4. The Morgan fingerprint density at radius 3 is 0.627 bits per heavy atom. The third-order valence-electron chi connectivity index (χ3n) is 14.8. The van der Waals surface area contributed by atoms with Gasteiger partial charge in [0.25, 0.3) is 0 Å². The van der Waals surface area contributed by atoms with E-state index in [4.69, 9.17) is 94.7 Å². The molecule has 2 rings (SSSR count). The molecule has 588 valence electrons. The van der Waals surface area contributed by atoms with Crippen molar-refractivity contribution in [1.82, 2.24) is 0 Å². The number of anilines is 2. The molecular weight excluding hydrogens is 1390 g/mol. The minimum absolute atomic E-state index is 0.0654. The number of nitrogens with one attached hydrogen (secondary N) is 2. The van der Waals surface area contributed by atoms with E-state index in [1.54, 1.807) is 48.5 Å². The van der Waals surface area contributed by atoms with Crippen molar-refractivity contribution >= 4 is 50.0 Å². The third-order valence-corrected chi connectivity index (χ3v) is 17.0. The molecule has 0 radical (unpaired) electrons. The van der Waals surface area contributed by atoms with Crippen LogP contribution in [0.15, 0.2) is 48.5 Å². The van der Waals surface area contributed by atoms with E-state index in [2.05, 4.69) is 22.4 Å². The quantitative estimate of drug-likeness (QED) is 0.0269. The van der Waals surface area contributed by atoms with Crippen LogP contribution in [0, 0.1) is 0 Å². The van der Waals surface area contributed by atoms with Gasteiger partial charge in [0.05, 0.1) is 172 Å². The monoisotopic (exact) mass is 1520 g/mol. The number of esters is 4. The van der Waals surface area contributed by atoms with Crippen LogP contribution in [0.4, 0.5) is 11.4 Å². The van der Waals surface area contributed by atoms with Crippen LogP contribution in [0.2, 0.25) is 0 Å². The average molecular weight is 1520 g/mol.